The van der Waals surface area contributed by atoms with E-state index in [9.17, 15) is 13.6 Å². The van der Waals surface area contributed by atoms with E-state index in [1.807, 2.05) is 0 Å². The summed E-state index contributed by atoms with van der Waals surface area (Å²) in [6, 6.07) is 1.12. The van der Waals surface area contributed by atoms with Gasteiger partial charge in [-0.15, -0.1) is 11.6 Å². The number of carbonyl (C=O) groups is 1. The number of hydrogen-bond acceptors (Lipinski definition) is 3. The Balaban J connectivity index is 3.19. The monoisotopic (exact) mass is 283 g/mol. The van der Waals surface area contributed by atoms with Crippen LogP contribution in [0.2, 0.25) is 5.15 Å². The Morgan fingerprint density at radius 1 is 1.59 bits per heavy atom. The minimum atomic E-state index is -2.76. The van der Waals surface area contributed by atoms with Gasteiger partial charge in [0, 0.05) is 5.56 Å². The van der Waals surface area contributed by atoms with Gasteiger partial charge in [-0.2, -0.15) is 0 Å². The number of esters is 1. The number of carbonyl (C=O) groups excluding carboxylic acids is 1. The fourth-order valence-electron chi connectivity index (χ4n) is 1.25. The number of hydrogen-bond donors (Lipinski definition) is 0. The normalized spacial score (nSPS) is 10.7. The highest BCUT2D eigenvalue weighted by Gasteiger charge is 2.18. The van der Waals surface area contributed by atoms with Gasteiger partial charge in [0.05, 0.1) is 19.4 Å². The third-order valence-corrected chi connectivity index (χ3v) is 2.69. The van der Waals surface area contributed by atoms with Crippen LogP contribution in [0.5, 0.6) is 0 Å². The van der Waals surface area contributed by atoms with Crippen LogP contribution in [0.15, 0.2) is 6.07 Å². The maximum Gasteiger partial charge on any atom is 0.309 e. The molecule has 0 aromatic carbocycles. The molecule has 0 amide bonds. The molecule has 3 nitrogen and oxygen atoms in total. The van der Waals surface area contributed by atoms with Crippen molar-refractivity contribution in [2.45, 2.75) is 18.7 Å². The van der Waals surface area contributed by atoms with Crippen LogP contribution in [-0.2, 0) is 21.8 Å². The molecule has 0 spiro atoms. The lowest BCUT2D eigenvalue weighted by atomic mass is 10.1. The molecule has 1 rings (SSSR count). The van der Waals surface area contributed by atoms with Crippen molar-refractivity contribution in [3.8, 4) is 0 Å². The van der Waals surface area contributed by atoms with Crippen molar-refractivity contribution >= 4 is 29.2 Å². The second-order valence-corrected chi connectivity index (χ2v) is 3.79. The van der Waals surface area contributed by atoms with Crippen molar-refractivity contribution in [3.63, 3.8) is 0 Å². The van der Waals surface area contributed by atoms with E-state index in [0.29, 0.717) is 11.1 Å². The first kappa shape index (κ1) is 14.1. The molecule has 1 aromatic heterocycles. The smallest absolute Gasteiger partial charge is 0.309 e. The Kier molecular flexibility index (Phi) is 5.08. The van der Waals surface area contributed by atoms with Gasteiger partial charge in [0.1, 0.15) is 10.8 Å². The standard InChI is InChI=1S/C10H9Cl2F2NO2/c1-17-8(16)3-5-2-7(10(13)14)15-9(12)6(5)4-11/h2,10H,3-4H2,1H3. The highest BCUT2D eigenvalue weighted by Crippen LogP contribution is 2.26. The van der Waals surface area contributed by atoms with Crippen LogP contribution in [0.3, 0.4) is 0 Å². The zero-order chi connectivity index (χ0) is 13.0. The fraction of sp³-hybridized carbons (Fsp3) is 0.400. The summed E-state index contributed by atoms with van der Waals surface area (Å²) < 4.78 is 29.5. The van der Waals surface area contributed by atoms with Gasteiger partial charge < -0.3 is 4.74 Å². The van der Waals surface area contributed by atoms with Crippen LogP contribution in [0.25, 0.3) is 0 Å². The van der Waals surface area contributed by atoms with Crippen LogP contribution >= 0.6 is 23.2 Å². The Bertz CT molecular complexity index is 427. The number of rotatable bonds is 4. The lowest BCUT2D eigenvalue weighted by molar-refractivity contribution is -0.139. The predicted octanol–water partition coefficient (Wildman–Crippen LogP) is 3.13. The van der Waals surface area contributed by atoms with E-state index < -0.39 is 18.1 Å². The van der Waals surface area contributed by atoms with E-state index in [4.69, 9.17) is 23.2 Å². The summed E-state index contributed by atoms with van der Waals surface area (Å²) in [4.78, 5) is 14.6. The van der Waals surface area contributed by atoms with Crippen molar-refractivity contribution in [1.82, 2.24) is 4.98 Å². The largest absolute Gasteiger partial charge is 0.469 e. The number of methoxy groups -OCH3 is 1. The highest BCUT2D eigenvalue weighted by atomic mass is 35.5. The first-order valence-electron chi connectivity index (χ1n) is 4.58. The number of alkyl halides is 3. The Morgan fingerprint density at radius 3 is 2.71 bits per heavy atom. The molecule has 0 N–H and O–H groups in total. The molecule has 17 heavy (non-hydrogen) atoms. The van der Waals surface area contributed by atoms with E-state index in [2.05, 4.69) is 9.72 Å². The van der Waals surface area contributed by atoms with Crippen molar-refractivity contribution in [2.24, 2.45) is 0 Å². The molecule has 0 aliphatic rings. The molecule has 0 unspecified atom stereocenters. The summed E-state index contributed by atoms with van der Waals surface area (Å²) in [5.74, 6) is -0.569. The quantitative estimate of drug-likeness (QED) is 0.484. The van der Waals surface area contributed by atoms with Gasteiger partial charge in [-0.1, -0.05) is 11.6 Å². The molecule has 0 fully saturated rings. The molecule has 0 aliphatic carbocycles. The number of ether oxygens (including phenoxy) is 1. The summed E-state index contributed by atoms with van der Waals surface area (Å²) in [6.45, 7) is 0. The molecule has 0 aliphatic heterocycles. The highest BCUT2D eigenvalue weighted by molar-refractivity contribution is 6.31. The first-order chi connectivity index (χ1) is 7.99. The Morgan fingerprint density at radius 2 is 2.24 bits per heavy atom. The van der Waals surface area contributed by atoms with E-state index in [1.54, 1.807) is 0 Å². The van der Waals surface area contributed by atoms with Crippen molar-refractivity contribution < 1.29 is 18.3 Å². The van der Waals surface area contributed by atoms with Crippen LogP contribution < -0.4 is 0 Å². The van der Waals surface area contributed by atoms with Gasteiger partial charge in [-0.3, -0.25) is 4.79 Å². The van der Waals surface area contributed by atoms with E-state index in [-0.39, 0.29) is 17.5 Å². The molecule has 94 valence electrons. The molecular formula is C10H9Cl2F2NO2. The lowest BCUT2D eigenvalue weighted by Gasteiger charge is -2.10. The third-order valence-electron chi connectivity index (χ3n) is 2.11. The summed E-state index contributed by atoms with van der Waals surface area (Å²) in [6.07, 6.45) is -2.92. The summed E-state index contributed by atoms with van der Waals surface area (Å²) in [7, 11) is 1.21. The average Bonchev–Trinajstić information content (AvgIpc) is 2.28. The third kappa shape index (κ3) is 3.51. The van der Waals surface area contributed by atoms with E-state index in [1.165, 1.54) is 7.11 Å². The number of pyridine rings is 1. The van der Waals surface area contributed by atoms with Gasteiger partial charge >= 0.3 is 5.97 Å². The van der Waals surface area contributed by atoms with Gasteiger partial charge in [-0.25, -0.2) is 13.8 Å². The molecule has 0 saturated carbocycles. The van der Waals surface area contributed by atoms with Crippen molar-refractivity contribution in [1.29, 1.82) is 0 Å². The fourth-order valence-corrected chi connectivity index (χ4v) is 1.90. The molecular weight excluding hydrogens is 275 g/mol. The lowest BCUT2D eigenvalue weighted by Crippen LogP contribution is -2.09. The summed E-state index contributed by atoms with van der Waals surface area (Å²) in [5, 5.41) is -0.114. The van der Waals surface area contributed by atoms with Crippen LogP contribution in [0.1, 0.15) is 23.2 Å². The maximum absolute atomic E-state index is 12.5. The average molecular weight is 284 g/mol. The SMILES string of the molecule is COC(=O)Cc1cc(C(F)F)nc(Cl)c1CCl. The Labute approximate surface area is 107 Å². The van der Waals surface area contributed by atoms with Crippen molar-refractivity contribution in [3.05, 3.63) is 28.0 Å². The first-order valence-corrected chi connectivity index (χ1v) is 5.50. The Hall–Kier alpha value is -0.940. The van der Waals surface area contributed by atoms with E-state index in [0.717, 1.165) is 6.07 Å². The van der Waals surface area contributed by atoms with Gasteiger partial charge in [0.15, 0.2) is 0 Å². The molecule has 7 heteroatoms. The topological polar surface area (TPSA) is 39.2 Å². The minimum Gasteiger partial charge on any atom is -0.469 e. The molecule has 1 aromatic rings. The van der Waals surface area contributed by atoms with Crippen LogP contribution in [0, 0.1) is 0 Å². The molecule has 1 heterocycles. The summed E-state index contributed by atoms with van der Waals surface area (Å²) >= 11 is 11.4. The van der Waals surface area contributed by atoms with E-state index >= 15 is 0 Å². The van der Waals surface area contributed by atoms with Crippen LogP contribution in [-0.4, -0.2) is 18.1 Å². The molecule has 0 bridgehead atoms. The number of nitrogens with zero attached hydrogens (tertiary/aromatic N) is 1. The zero-order valence-corrected chi connectivity index (χ0v) is 10.4. The van der Waals surface area contributed by atoms with Crippen molar-refractivity contribution in [2.75, 3.05) is 7.11 Å². The number of aromatic nitrogens is 1. The maximum atomic E-state index is 12.5. The van der Waals surface area contributed by atoms with Gasteiger partial charge in [0.2, 0.25) is 0 Å². The second-order valence-electron chi connectivity index (χ2n) is 3.16. The second kappa shape index (κ2) is 6.12. The molecule has 0 atom stereocenters. The predicted molar refractivity (Wildman–Crippen MR) is 59.5 cm³/mol. The van der Waals surface area contributed by atoms with Crippen LogP contribution in [0.4, 0.5) is 8.78 Å². The minimum absolute atomic E-state index is 0.0122. The molecule has 0 saturated heterocycles. The van der Waals surface area contributed by atoms with Gasteiger partial charge in [-0.05, 0) is 11.6 Å². The summed E-state index contributed by atoms with van der Waals surface area (Å²) in [5.41, 5.74) is 0.188. The molecule has 0 radical (unpaired) electrons. The number of halogens is 4. The zero-order valence-electron chi connectivity index (χ0n) is 8.84. The van der Waals surface area contributed by atoms with Gasteiger partial charge in [0.25, 0.3) is 6.43 Å².